The lowest BCUT2D eigenvalue weighted by Gasteiger charge is -2.13. The van der Waals surface area contributed by atoms with Gasteiger partial charge in [-0.25, -0.2) is 0 Å². The molecule has 3 heteroatoms. The van der Waals surface area contributed by atoms with Crippen LogP contribution in [-0.2, 0) is 0 Å². The Morgan fingerprint density at radius 3 is 2.79 bits per heavy atom. The van der Waals surface area contributed by atoms with Crippen LogP contribution in [0.4, 0.5) is 0 Å². The molecule has 0 amide bonds. The smallest absolute Gasteiger partial charge is 0.137 e. The van der Waals surface area contributed by atoms with Gasteiger partial charge in [0.1, 0.15) is 5.75 Å². The van der Waals surface area contributed by atoms with Gasteiger partial charge in [0.05, 0.1) is 18.2 Å². The minimum atomic E-state index is -0.433. The number of methoxy groups -OCH3 is 1. The molecule has 14 heavy (non-hydrogen) atoms. The Hall–Kier alpha value is -0.730. The predicted molar refractivity (Wildman–Crippen MR) is 55.7 cm³/mol. The molecule has 0 aromatic heterocycles. The van der Waals surface area contributed by atoms with Gasteiger partial charge in [0.2, 0.25) is 0 Å². The van der Waals surface area contributed by atoms with E-state index in [1.54, 1.807) is 13.2 Å². The van der Waals surface area contributed by atoms with Crippen LogP contribution in [0.15, 0.2) is 18.2 Å². The molecule has 0 aliphatic heterocycles. The average Bonchev–Trinajstić information content (AvgIpc) is 3.00. The lowest BCUT2D eigenvalue weighted by atomic mass is 10.1. The number of aliphatic hydroxyl groups excluding tert-OH is 1. The summed E-state index contributed by atoms with van der Waals surface area (Å²) in [7, 11) is 1.58. The predicted octanol–water partition coefficient (Wildman–Crippen LogP) is 2.79. The summed E-state index contributed by atoms with van der Waals surface area (Å²) in [5, 5.41) is 10.5. The van der Waals surface area contributed by atoms with Crippen molar-refractivity contribution in [3.63, 3.8) is 0 Å². The van der Waals surface area contributed by atoms with E-state index in [9.17, 15) is 5.11 Å². The quantitative estimate of drug-likeness (QED) is 0.835. The molecule has 1 aliphatic rings. The van der Waals surface area contributed by atoms with E-state index >= 15 is 0 Å². The molecule has 2 nitrogen and oxygen atoms in total. The first-order valence-electron chi connectivity index (χ1n) is 4.74. The lowest BCUT2D eigenvalue weighted by Crippen LogP contribution is -2.01. The first kappa shape index (κ1) is 9.81. The Kier molecular flexibility index (Phi) is 2.66. The van der Waals surface area contributed by atoms with E-state index in [2.05, 4.69) is 0 Å². The fourth-order valence-corrected chi connectivity index (χ4v) is 1.89. The number of ether oxygens (including phenoxy) is 1. The van der Waals surface area contributed by atoms with E-state index in [0.717, 1.165) is 18.4 Å². The zero-order chi connectivity index (χ0) is 10.1. The number of hydrogen-bond acceptors (Lipinski definition) is 2. The van der Waals surface area contributed by atoms with Gasteiger partial charge in [-0.05, 0) is 24.8 Å². The highest BCUT2D eigenvalue weighted by Gasteiger charge is 2.32. The van der Waals surface area contributed by atoms with Crippen molar-refractivity contribution in [1.82, 2.24) is 0 Å². The van der Waals surface area contributed by atoms with Gasteiger partial charge >= 0.3 is 0 Å². The normalized spacial score (nSPS) is 17.9. The van der Waals surface area contributed by atoms with Gasteiger partial charge in [-0.1, -0.05) is 23.7 Å². The van der Waals surface area contributed by atoms with Gasteiger partial charge < -0.3 is 9.84 Å². The van der Waals surface area contributed by atoms with Crippen LogP contribution < -0.4 is 4.74 Å². The van der Waals surface area contributed by atoms with Crippen LogP contribution in [0.5, 0.6) is 5.75 Å². The van der Waals surface area contributed by atoms with Crippen LogP contribution in [0, 0.1) is 5.92 Å². The molecule has 1 aliphatic carbocycles. The van der Waals surface area contributed by atoms with Crippen molar-refractivity contribution < 1.29 is 9.84 Å². The van der Waals surface area contributed by atoms with Crippen LogP contribution >= 0.6 is 11.6 Å². The molecule has 1 unspecified atom stereocenters. The van der Waals surface area contributed by atoms with Gasteiger partial charge in [0, 0.05) is 5.56 Å². The van der Waals surface area contributed by atoms with Crippen molar-refractivity contribution in [2.75, 3.05) is 7.11 Å². The number of halogens is 1. The second-order valence-corrected chi connectivity index (χ2v) is 4.02. The average molecular weight is 213 g/mol. The van der Waals surface area contributed by atoms with Crippen molar-refractivity contribution in [2.24, 2.45) is 5.92 Å². The Labute approximate surface area is 88.5 Å². The first-order valence-corrected chi connectivity index (χ1v) is 5.12. The van der Waals surface area contributed by atoms with Crippen molar-refractivity contribution in [1.29, 1.82) is 0 Å². The maximum absolute atomic E-state index is 9.92. The maximum atomic E-state index is 9.92. The van der Waals surface area contributed by atoms with Crippen LogP contribution in [0.25, 0.3) is 0 Å². The van der Waals surface area contributed by atoms with E-state index < -0.39 is 6.10 Å². The highest BCUT2D eigenvalue weighted by Crippen LogP contribution is 2.44. The fourth-order valence-electron chi connectivity index (χ4n) is 1.58. The molecule has 1 atom stereocenters. The summed E-state index contributed by atoms with van der Waals surface area (Å²) in [6.45, 7) is 0. The second kappa shape index (κ2) is 3.79. The molecule has 0 radical (unpaired) electrons. The van der Waals surface area contributed by atoms with Crippen molar-refractivity contribution in [3.05, 3.63) is 28.8 Å². The summed E-state index contributed by atoms with van der Waals surface area (Å²) in [5.74, 6) is 1.02. The molecular formula is C11H13ClO2. The number of benzene rings is 1. The standard InChI is InChI=1S/C11H13ClO2/c1-14-9-4-2-3-8(10(9)12)11(13)7-5-6-7/h2-4,7,11,13H,5-6H2,1H3. The van der Waals surface area contributed by atoms with E-state index in [1.165, 1.54) is 0 Å². The van der Waals surface area contributed by atoms with Crippen molar-refractivity contribution >= 4 is 11.6 Å². The Morgan fingerprint density at radius 2 is 2.21 bits per heavy atom. The molecular weight excluding hydrogens is 200 g/mol. The molecule has 0 bridgehead atoms. The molecule has 0 spiro atoms. The minimum absolute atomic E-state index is 0.389. The number of hydrogen-bond donors (Lipinski definition) is 1. The number of rotatable bonds is 3. The molecule has 2 rings (SSSR count). The molecule has 76 valence electrons. The van der Waals surface area contributed by atoms with E-state index in [1.807, 2.05) is 12.1 Å². The van der Waals surface area contributed by atoms with Crippen LogP contribution in [-0.4, -0.2) is 12.2 Å². The molecule has 1 saturated carbocycles. The van der Waals surface area contributed by atoms with E-state index in [4.69, 9.17) is 16.3 Å². The Balaban J connectivity index is 2.31. The Morgan fingerprint density at radius 1 is 1.50 bits per heavy atom. The van der Waals surface area contributed by atoms with Crippen molar-refractivity contribution in [3.8, 4) is 5.75 Å². The van der Waals surface area contributed by atoms with Crippen LogP contribution in [0.3, 0.4) is 0 Å². The largest absolute Gasteiger partial charge is 0.495 e. The van der Waals surface area contributed by atoms with Gasteiger partial charge in [0.15, 0.2) is 0 Å². The summed E-state index contributed by atoms with van der Waals surface area (Å²) >= 11 is 6.09. The fraction of sp³-hybridized carbons (Fsp3) is 0.455. The van der Waals surface area contributed by atoms with E-state index in [-0.39, 0.29) is 0 Å². The molecule has 1 aromatic carbocycles. The van der Waals surface area contributed by atoms with E-state index in [0.29, 0.717) is 16.7 Å². The monoisotopic (exact) mass is 212 g/mol. The highest BCUT2D eigenvalue weighted by atomic mass is 35.5. The minimum Gasteiger partial charge on any atom is -0.495 e. The third-order valence-electron chi connectivity index (χ3n) is 2.60. The topological polar surface area (TPSA) is 29.5 Å². The van der Waals surface area contributed by atoms with Gasteiger partial charge in [-0.15, -0.1) is 0 Å². The highest BCUT2D eigenvalue weighted by molar-refractivity contribution is 6.32. The summed E-state index contributed by atoms with van der Waals surface area (Å²) in [4.78, 5) is 0. The summed E-state index contributed by atoms with van der Waals surface area (Å²) < 4.78 is 5.09. The molecule has 1 fully saturated rings. The Bertz CT molecular complexity index is 334. The third-order valence-corrected chi connectivity index (χ3v) is 3.00. The lowest BCUT2D eigenvalue weighted by molar-refractivity contribution is 0.153. The SMILES string of the molecule is COc1cccc(C(O)C2CC2)c1Cl. The second-order valence-electron chi connectivity index (χ2n) is 3.65. The van der Waals surface area contributed by atoms with Crippen LogP contribution in [0.2, 0.25) is 5.02 Å². The molecule has 1 N–H and O–H groups in total. The third kappa shape index (κ3) is 1.72. The van der Waals surface area contributed by atoms with Crippen molar-refractivity contribution in [2.45, 2.75) is 18.9 Å². The molecule has 1 aromatic rings. The molecule has 0 heterocycles. The maximum Gasteiger partial charge on any atom is 0.137 e. The van der Waals surface area contributed by atoms with Gasteiger partial charge in [-0.2, -0.15) is 0 Å². The van der Waals surface area contributed by atoms with Crippen LogP contribution in [0.1, 0.15) is 24.5 Å². The van der Waals surface area contributed by atoms with Gasteiger partial charge in [-0.3, -0.25) is 0 Å². The first-order chi connectivity index (χ1) is 6.74. The number of aliphatic hydroxyl groups is 1. The summed E-state index contributed by atoms with van der Waals surface area (Å²) in [6.07, 6.45) is 1.75. The summed E-state index contributed by atoms with van der Waals surface area (Å²) in [6, 6.07) is 5.50. The zero-order valence-electron chi connectivity index (χ0n) is 8.03. The van der Waals surface area contributed by atoms with Gasteiger partial charge in [0.25, 0.3) is 0 Å². The summed E-state index contributed by atoms with van der Waals surface area (Å²) in [5.41, 5.74) is 0.786. The zero-order valence-corrected chi connectivity index (χ0v) is 8.79. The molecule has 0 saturated heterocycles.